The van der Waals surface area contributed by atoms with E-state index in [0.29, 0.717) is 24.2 Å². The zero-order chi connectivity index (χ0) is 23.4. The first-order chi connectivity index (χ1) is 15.6. The molecular weight excluding hydrogens is 436 g/mol. The number of aromatic nitrogens is 2. The molecular formula is C24H30F4N4O. The standard InChI is InChI=1S/C24H30F4N4O/c25-23(26)9-7-14(8-10-23)19(29)21-30-17-6-5-16(11-18(17)31-21)20(15-3-4-15)32-22(33)24(27,28)12-13-1-2-13/h5-6,11,13-15,19-20H,1-4,7-10,12,29H2,(H,30,31)(H,32,33). The number of carbonyl (C=O) groups is 1. The smallest absolute Gasteiger partial charge is 0.324 e. The van der Waals surface area contributed by atoms with Crippen LogP contribution in [-0.2, 0) is 4.79 Å². The maximum atomic E-state index is 14.3. The molecule has 5 nitrogen and oxygen atoms in total. The largest absolute Gasteiger partial charge is 0.344 e. The van der Waals surface area contributed by atoms with Crippen molar-refractivity contribution in [3.63, 3.8) is 0 Å². The number of halogens is 4. The van der Waals surface area contributed by atoms with Crippen LogP contribution in [0.1, 0.15) is 81.3 Å². The molecule has 3 saturated carbocycles. The van der Waals surface area contributed by atoms with E-state index in [2.05, 4.69) is 15.3 Å². The quantitative estimate of drug-likeness (QED) is 0.456. The molecule has 1 aromatic carbocycles. The number of imidazole rings is 1. The van der Waals surface area contributed by atoms with Crippen LogP contribution in [-0.4, -0.2) is 27.7 Å². The Hall–Kier alpha value is -2.16. The molecule has 2 atom stereocenters. The summed E-state index contributed by atoms with van der Waals surface area (Å²) in [5, 5.41) is 2.60. The number of carbonyl (C=O) groups excluding carboxylic acids is 1. The van der Waals surface area contributed by atoms with E-state index in [4.69, 9.17) is 5.73 Å². The maximum Gasteiger partial charge on any atom is 0.324 e. The summed E-state index contributed by atoms with van der Waals surface area (Å²) in [7, 11) is 0. The molecule has 3 fully saturated rings. The summed E-state index contributed by atoms with van der Waals surface area (Å²) < 4.78 is 55.7. The molecule has 3 aliphatic rings. The molecule has 1 aromatic heterocycles. The van der Waals surface area contributed by atoms with Crippen LogP contribution in [0, 0.1) is 17.8 Å². The Morgan fingerprint density at radius 3 is 2.48 bits per heavy atom. The Morgan fingerprint density at radius 2 is 1.85 bits per heavy atom. The molecule has 33 heavy (non-hydrogen) atoms. The van der Waals surface area contributed by atoms with Crippen molar-refractivity contribution < 1.29 is 22.4 Å². The molecule has 0 radical (unpaired) electrons. The summed E-state index contributed by atoms with van der Waals surface area (Å²) in [6, 6.07) is 4.48. The second-order valence-corrected chi connectivity index (χ2v) is 10.3. The van der Waals surface area contributed by atoms with Gasteiger partial charge < -0.3 is 16.0 Å². The van der Waals surface area contributed by atoms with Gasteiger partial charge in [0.15, 0.2) is 0 Å². The third-order valence-electron chi connectivity index (χ3n) is 7.42. The van der Waals surface area contributed by atoms with Crippen LogP contribution in [0.15, 0.2) is 18.2 Å². The average Bonchev–Trinajstić information content (AvgIpc) is 3.69. The van der Waals surface area contributed by atoms with Crippen molar-refractivity contribution >= 4 is 16.9 Å². The van der Waals surface area contributed by atoms with Crippen molar-refractivity contribution in [2.24, 2.45) is 23.5 Å². The summed E-state index contributed by atoms with van der Waals surface area (Å²) in [4.78, 5) is 20.1. The fourth-order valence-corrected chi connectivity index (χ4v) is 4.97. The van der Waals surface area contributed by atoms with E-state index in [9.17, 15) is 22.4 Å². The number of benzene rings is 1. The van der Waals surface area contributed by atoms with Gasteiger partial charge in [-0.1, -0.05) is 6.07 Å². The fraction of sp³-hybridized carbons (Fsp3) is 0.667. The van der Waals surface area contributed by atoms with Gasteiger partial charge in [0.05, 0.1) is 23.1 Å². The predicted molar refractivity (Wildman–Crippen MR) is 116 cm³/mol. The minimum absolute atomic E-state index is 0.0523. The van der Waals surface area contributed by atoms with Crippen LogP contribution in [0.25, 0.3) is 11.0 Å². The highest BCUT2D eigenvalue weighted by atomic mass is 19.3. The highest BCUT2D eigenvalue weighted by Gasteiger charge is 2.46. The average molecular weight is 467 g/mol. The third kappa shape index (κ3) is 5.03. The number of H-pyrrole nitrogens is 1. The van der Waals surface area contributed by atoms with E-state index < -0.39 is 29.8 Å². The molecule has 5 rings (SSSR count). The monoisotopic (exact) mass is 466 g/mol. The summed E-state index contributed by atoms with van der Waals surface area (Å²) in [6.07, 6.45) is 3.26. The molecule has 1 amide bonds. The van der Waals surface area contributed by atoms with Gasteiger partial charge in [-0.15, -0.1) is 0 Å². The van der Waals surface area contributed by atoms with Gasteiger partial charge in [-0.2, -0.15) is 8.78 Å². The van der Waals surface area contributed by atoms with Gasteiger partial charge in [-0.05, 0) is 74.0 Å². The van der Waals surface area contributed by atoms with Gasteiger partial charge in [0.1, 0.15) is 5.82 Å². The van der Waals surface area contributed by atoms with Crippen molar-refractivity contribution in [3.05, 3.63) is 29.6 Å². The minimum Gasteiger partial charge on any atom is -0.344 e. The third-order valence-corrected chi connectivity index (χ3v) is 7.42. The van der Waals surface area contributed by atoms with Crippen molar-refractivity contribution in [3.8, 4) is 0 Å². The Bertz CT molecular complexity index is 1020. The molecule has 0 saturated heterocycles. The zero-order valence-electron chi connectivity index (χ0n) is 18.4. The SMILES string of the molecule is NC(c1nc2cc(C(NC(=O)C(F)(F)CC3CC3)C3CC3)ccc2[nH]1)C1CCC(F)(F)CC1. The number of alkyl halides is 4. The van der Waals surface area contributed by atoms with Crippen molar-refractivity contribution in [2.45, 2.75) is 81.7 Å². The number of hydrogen-bond acceptors (Lipinski definition) is 3. The van der Waals surface area contributed by atoms with E-state index in [1.807, 2.05) is 12.1 Å². The highest BCUT2D eigenvalue weighted by Crippen LogP contribution is 2.44. The van der Waals surface area contributed by atoms with Crippen LogP contribution in [0.5, 0.6) is 0 Å². The molecule has 2 unspecified atom stereocenters. The fourth-order valence-electron chi connectivity index (χ4n) is 4.97. The molecule has 1 heterocycles. The molecule has 0 spiro atoms. The number of amides is 1. The van der Waals surface area contributed by atoms with Gasteiger partial charge in [0.2, 0.25) is 5.92 Å². The Kier molecular flexibility index (Phi) is 5.66. The first-order valence-electron chi connectivity index (χ1n) is 11.9. The number of hydrogen-bond donors (Lipinski definition) is 3. The number of aromatic amines is 1. The van der Waals surface area contributed by atoms with E-state index in [1.165, 1.54) is 0 Å². The minimum atomic E-state index is -3.36. The molecule has 2 aromatic rings. The van der Waals surface area contributed by atoms with Crippen molar-refractivity contribution in [2.75, 3.05) is 0 Å². The molecule has 0 bridgehead atoms. The number of fused-ring (bicyclic) bond motifs is 1. The lowest BCUT2D eigenvalue weighted by atomic mass is 9.82. The van der Waals surface area contributed by atoms with E-state index in [1.54, 1.807) is 6.07 Å². The van der Waals surface area contributed by atoms with E-state index in [-0.39, 0.29) is 37.0 Å². The van der Waals surface area contributed by atoms with Crippen molar-refractivity contribution in [1.29, 1.82) is 0 Å². The Morgan fingerprint density at radius 1 is 1.15 bits per heavy atom. The van der Waals surface area contributed by atoms with Crippen molar-refractivity contribution in [1.82, 2.24) is 15.3 Å². The summed E-state index contributed by atoms with van der Waals surface area (Å²) >= 11 is 0. The number of nitrogens with zero attached hydrogens (tertiary/aromatic N) is 1. The molecule has 180 valence electrons. The van der Waals surface area contributed by atoms with E-state index in [0.717, 1.165) is 36.8 Å². The zero-order valence-corrected chi connectivity index (χ0v) is 18.4. The Balaban J connectivity index is 1.32. The van der Waals surface area contributed by atoms with Crippen LogP contribution < -0.4 is 11.1 Å². The van der Waals surface area contributed by atoms with Gasteiger partial charge in [0.25, 0.3) is 5.91 Å². The van der Waals surface area contributed by atoms with Crippen LogP contribution in [0.3, 0.4) is 0 Å². The van der Waals surface area contributed by atoms with Gasteiger partial charge >= 0.3 is 5.92 Å². The van der Waals surface area contributed by atoms with E-state index >= 15 is 0 Å². The number of nitrogens with two attached hydrogens (primary N) is 1. The normalized spacial score (nSPS) is 23.4. The molecule has 4 N–H and O–H groups in total. The van der Waals surface area contributed by atoms with Gasteiger partial charge in [-0.25, -0.2) is 13.8 Å². The molecule has 9 heteroatoms. The van der Waals surface area contributed by atoms with Crippen LogP contribution in [0.4, 0.5) is 17.6 Å². The summed E-state index contributed by atoms with van der Waals surface area (Å²) in [5.41, 5.74) is 8.47. The first-order valence-corrected chi connectivity index (χ1v) is 11.9. The number of rotatable bonds is 8. The lowest BCUT2D eigenvalue weighted by Crippen LogP contribution is -2.42. The highest BCUT2D eigenvalue weighted by molar-refractivity contribution is 5.84. The number of nitrogens with one attached hydrogen (secondary N) is 2. The van der Waals surface area contributed by atoms with Gasteiger partial charge in [0, 0.05) is 19.3 Å². The van der Waals surface area contributed by atoms with Gasteiger partial charge in [-0.3, -0.25) is 4.79 Å². The molecule has 3 aliphatic carbocycles. The second-order valence-electron chi connectivity index (χ2n) is 10.3. The Labute approximate surface area is 189 Å². The predicted octanol–water partition coefficient (Wildman–Crippen LogP) is 5.39. The summed E-state index contributed by atoms with van der Waals surface area (Å²) in [5.74, 6) is -6.63. The first kappa shape index (κ1) is 22.6. The topological polar surface area (TPSA) is 83.8 Å². The lowest BCUT2D eigenvalue weighted by molar-refractivity contribution is -0.148. The summed E-state index contributed by atoms with van der Waals surface area (Å²) in [6.45, 7) is 0. The van der Waals surface area contributed by atoms with Crippen LogP contribution in [0.2, 0.25) is 0 Å². The molecule has 0 aliphatic heterocycles. The second kappa shape index (κ2) is 8.25. The maximum absolute atomic E-state index is 14.3. The lowest BCUT2D eigenvalue weighted by Gasteiger charge is -2.31. The van der Waals surface area contributed by atoms with Crippen LogP contribution >= 0.6 is 0 Å².